The van der Waals surface area contributed by atoms with Gasteiger partial charge in [-0.2, -0.15) is 0 Å². The summed E-state index contributed by atoms with van der Waals surface area (Å²) in [5.74, 6) is 0.176. The van der Waals surface area contributed by atoms with Gasteiger partial charge in [-0.25, -0.2) is 4.79 Å². The second-order valence-electron chi connectivity index (χ2n) is 7.17. The normalized spacial score (nSPS) is 15.0. The van der Waals surface area contributed by atoms with Crippen molar-refractivity contribution in [2.75, 3.05) is 11.4 Å². The van der Waals surface area contributed by atoms with Crippen molar-refractivity contribution in [1.82, 2.24) is 15.6 Å². The number of anilines is 1. The van der Waals surface area contributed by atoms with Crippen molar-refractivity contribution in [3.8, 4) is 0 Å². The van der Waals surface area contributed by atoms with E-state index in [0.717, 1.165) is 40.8 Å². The number of amides is 3. The quantitative estimate of drug-likeness (QED) is 0.632. The second-order valence-corrected chi connectivity index (χ2v) is 7.17. The molecule has 3 aromatic rings. The molecule has 1 atom stereocenters. The van der Waals surface area contributed by atoms with Crippen LogP contribution in [0.3, 0.4) is 0 Å². The van der Waals surface area contributed by atoms with E-state index in [0.29, 0.717) is 13.0 Å². The fourth-order valence-electron chi connectivity index (χ4n) is 3.60. The predicted octanol–water partition coefficient (Wildman–Crippen LogP) is 3.86. The number of para-hydroxylation sites is 1. The number of nitrogens with one attached hydrogen (secondary N) is 3. The summed E-state index contributed by atoms with van der Waals surface area (Å²) in [6.07, 6.45) is 1.53. The van der Waals surface area contributed by atoms with Gasteiger partial charge in [-0.15, -0.1) is 0 Å². The molecule has 1 aromatic heterocycles. The van der Waals surface area contributed by atoms with Crippen LogP contribution in [-0.2, 0) is 11.3 Å². The molecule has 1 unspecified atom stereocenters. The molecule has 2 aromatic carbocycles. The van der Waals surface area contributed by atoms with Crippen molar-refractivity contribution in [2.24, 2.45) is 0 Å². The molecular weight excluding hydrogens is 352 g/mol. The summed E-state index contributed by atoms with van der Waals surface area (Å²) < 4.78 is 0. The standard InChI is InChI=1S/C22H24N4O2/c1-15(16-8-10-19(11-9-16)26-12-4-7-21(26)27)24-22(28)23-14-18-13-17-5-2-3-6-20(17)25-18/h2-3,5-6,8-11,13,15,25H,4,7,12,14H2,1H3,(H2,23,24,28). The van der Waals surface area contributed by atoms with Gasteiger partial charge < -0.3 is 20.5 Å². The molecular formula is C22H24N4O2. The number of rotatable bonds is 5. The molecule has 6 nitrogen and oxygen atoms in total. The van der Waals surface area contributed by atoms with E-state index in [1.165, 1.54) is 0 Å². The maximum Gasteiger partial charge on any atom is 0.315 e. The zero-order valence-corrected chi connectivity index (χ0v) is 15.9. The van der Waals surface area contributed by atoms with E-state index in [4.69, 9.17) is 0 Å². The van der Waals surface area contributed by atoms with Gasteiger partial charge in [-0.05, 0) is 48.6 Å². The Morgan fingerprint density at radius 1 is 1.18 bits per heavy atom. The van der Waals surface area contributed by atoms with E-state index in [1.807, 2.05) is 66.4 Å². The molecule has 4 rings (SSSR count). The highest BCUT2D eigenvalue weighted by Gasteiger charge is 2.21. The smallest absolute Gasteiger partial charge is 0.315 e. The van der Waals surface area contributed by atoms with E-state index < -0.39 is 0 Å². The first-order chi connectivity index (χ1) is 13.6. The molecule has 3 amide bonds. The largest absolute Gasteiger partial charge is 0.357 e. The third kappa shape index (κ3) is 3.86. The Bertz CT molecular complexity index is 960. The monoisotopic (exact) mass is 376 g/mol. The topological polar surface area (TPSA) is 77.2 Å². The summed E-state index contributed by atoms with van der Waals surface area (Å²) in [6.45, 7) is 3.16. The van der Waals surface area contributed by atoms with Crippen molar-refractivity contribution in [3.63, 3.8) is 0 Å². The van der Waals surface area contributed by atoms with Gasteiger partial charge in [-0.3, -0.25) is 4.79 Å². The number of nitrogens with zero attached hydrogens (tertiary/aromatic N) is 1. The zero-order valence-electron chi connectivity index (χ0n) is 15.9. The Kier molecular flexibility index (Phi) is 5.02. The molecule has 1 aliphatic heterocycles. The van der Waals surface area contributed by atoms with Crippen LogP contribution in [0.5, 0.6) is 0 Å². The van der Waals surface area contributed by atoms with E-state index in [9.17, 15) is 9.59 Å². The lowest BCUT2D eigenvalue weighted by Gasteiger charge is -2.18. The Balaban J connectivity index is 1.31. The molecule has 0 saturated carbocycles. The van der Waals surface area contributed by atoms with Gasteiger partial charge in [-0.1, -0.05) is 30.3 Å². The highest BCUT2D eigenvalue weighted by atomic mass is 16.2. The van der Waals surface area contributed by atoms with Crippen LogP contribution in [0.2, 0.25) is 0 Å². The molecule has 28 heavy (non-hydrogen) atoms. The fraction of sp³-hybridized carbons (Fsp3) is 0.273. The SMILES string of the molecule is CC(NC(=O)NCc1cc2ccccc2[nH]1)c1ccc(N2CCCC2=O)cc1. The number of carbonyl (C=O) groups excluding carboxylic acids is 2. The third-order valence-electron chi connectivity index (χ3n) is 5.15. The Morgan fingerprint density at radius 3 is 2.68 bits per heavy atom. The van der Waals surface area contributed by atoms with Crippen LogP contribution < -0.4 is 15.5 Å². The minimum Gasteiger partial charge on any atom is -0.357 e. The van der Waals surface area contributed by atoms with Crippen molar-refractivity contribution in [3.05, 3.63) is 65.9 Å². The molecule has 0 aliphatic carbocycles. The van der Waals surface area contributed by atoms with Gasteiger partial charge in [0.05, 0.1) is 12.6 Å². The van der Waals surface area contributed by atoms with Gasteiger partial charge >= 0.3 is 6.03 Å². The first-order valence-electron chi connectivity index (χ1n) is 9.61. The van der Waals surface area contributed by atoms with Gasteiger partial charge in [0, 0.05) is 29.9 Å². The number of fused-ring (bicyclic) bond motifs is 1. The Labute approximate surface area is 163 Å². The first kappa shape index (κ1) is 18.1. The summed E-state index contributed by atoms with van der Waals surface area (Å²) in [5, 5.41) is 6.97. The van der Waals surface area contributed by atoms with Crippen LogP contribution in [0.4, 0.5) is 10.5 Å². The lowest BCUT2D eigenvalue weighted by Crippen LogP contribution is -2.36. The van der Waals surface area contributed by atoms with E-state index in [2.05, 4.69) is 15.6 Å². The van der Waals surface area contributed by atoms with E-state index in [-0.39, 0.29) is 18.0 Å². The zero-order chi connectivity index (χ0) is 19.5. The number of urea groups is 1. The molecule has 3 N–H and O–H groups in total. The maximum atomic E-state index is 12.2. The molecule has 144 valence electrons. The van der Waals surface area contributed by atoms with Crippen LogP contribution >= 0.6 is 0 Å². The molecule has 0 bridgehead atoms. The Morgan fingerprint density at radius 2 is 1.96 bits per heavy atom. The molecule has 2 heterocycles. The average molecular weight is 376 g/mol. The minimum atomic E-state index is -0.218. The number of hydrogen-bond acceptors (Lipinski definition) is 2. The van der Waals surface area contributed by atoms with E-state index >= 15 is 0 Å². The fourth-order valence-corrected chi connectivity index (χ4v) is 3.60. The number of benzene rings is 2. The van der Waals surface area contributed by atoms with Crippen molar-refractivity contribution >= 4 is 28.5 Å². The molecule has 1 fully saturated rings. The highest BCUT2D eigenvalue weighted by molar-refractivity contribution is 5.95. The van der Waals surface area contributed by atoms with Crippen LogP contribution in [0, 0.1) is 0 Å². The van der Waals surface area contributed by atoms with Gasteiger partial charge in [0.25, 0.3) is 0 Å². The molecule has 6 heteroatoms. The summed E-state index contributed by atoms with van der Waals surface area (Å²) in [6, 6.07) is 17.5. The van der Waals surface area contributed by atoms with Gasteiger partial charge in [0.1, 0.15) is 0 Å². The molecule has 0 radical (unpaired) electrons. The van der Waals surface area contributed by atoms with E-state index in [1.54, 1.807) is 0 Å². The number of aromatic nitrogens is 1. The highest BCUT2D eigenvalue weighted by Crippen LogP contribution is 2.23. The summed E-state index contributed by atoms with van der Waals surface area (Å²) in [4.78, 5) is 29.2. The maximum absolute atomic E-state index is 12.2. The molecule has 1 saturated heterocycles. The van der Waals surface area contributed by atoms with Crippen LogP contribution in [0.1, 0.15) is 37.1 Å². The predicted molar refractivity (Wildman–Crippen MR) is 110 cm³/mol. The van der Waals surface area contributed by atoms with Crippen molar-refractivity contribution < 1.29 is 9.59 Å². The van der Waals surface area contributed by atoms with Crippen molar-refractivity contribution in [1.29, 1.82) is 0 Å². The lowest BCUT2D eigenvalue weighted by atomic mass is 10.1. The summed E-state index contributed by atoms with van der Waals surface area (Å²) in [7, 11) is 0. The Hall–Kier alpha value is -3.28. The average Bonchev–Trinajstić information content (AvgIpc) is 3.32. The molecule has 1 aliphatic rings. The van der Waals surface area contributed by atoms with Crippen LogP contribution in [-0.4, -0.2) is 23.5 Å². The van der Waals surface area contributed by atoms with Crippen LogP contribution in [0.15, 0.2) is 54.6 Å². The van der Waals surface area contributed by atoms with Crippen LogP contribution in [0.25, 0.3) is 10.9 Å². The minimum absolute atomic E-state index is 0.133. The third-order valence-corrected chi connectivity index (χ3v) is 5.15. The number of hydrogen-bond donors (Lipinski definition) is 3. The second kappa shape index (κ2) is 7.76. The summed E-state index contributed by atoms with van der Waals surface area (Å²) in [5.41, 5.74) is 3.94. The number of aromatic amines is 1. The molecule has 0 spiro atoms. The van der Waals surface area contributed by atoms with Gasteiger partial charge in [0.15, 0.2) is 0 Å². The number of H-pyrrole nitrogens is 1. The van der Waals surface area contributed by atoms with Crippen molar-refractivity contribution in [2.45, 2.75) is 32.4 Å². The first-order valence-corrected chi connectivity index (χ1v) is 9.61. The lowest BCUT2D eigenvalue weighted by molar-refractivity contribution is -0.117. The summed E-state index contributed by atoms with van der Waals surface area (Å²) >= 11 is 0. The van der Waals surface area contributed by atoms with Gasteiger partial charge in [0.2, 0.25) is 5.91 Å². The number of carbonyl (C=O) groups is 2.